The van der Waals surface area contributed by atoms with Gasteiger partial charge in [0.15, 0.2) is 10.6 Å². The van der Waals surface area contributed by atoms with E-state index in [1.54, 1.807) is 18.2 Å². The van der Waals surface area contributed by atoms with Crippen molar-refractivity contribution in [2.24, 2.45) is 0 Å². The molecule has 4 N–H and O–H groups in total. The summed E-state index contributed by atoms with van der Waals surface area (Å²) < 4.78 is 5.43. The minimum absolute atomic E-state index is 0.0508. The number of hydrogen-bond donors (Lipinski definition) is 4. The number of rotatable bonds is 10. The van der Waals surface area contributed by atoms with E-state index in [9.17, 15) is 19.6 Å². The summed E-state index contributed by atoms with van der Waals surface area (Å²) >= 11 is 0. The van der Waals surface area contributed by atoms with Crippen molar-refractivity contribution in [1.29, 1.82) is 0 Å². The molecule has 0 amide bonds. The quantitative estimate of drug-likeness (QED) is 0.285. The lowest BCUT2D eigenvalue weighted by Gasteiger charge is -2.30. The van der Waals surface area contributed by atoms with Crippen molar-refractivity contribution in [3.63, 3.8) is 0 Å². The van der Waals surface area contributed by atoms with Gasteiger partial charge in [0.05, 0.1) is 0 Å². The maximum Gasteiger partial charge on any atom is 0.497 e. The van der Waals surface area contributed by atoms with Crippen LogP contribution in [0.2, 0.25) is 0 Å². The second-order valence-corrected chi connectivity index (χ2v) is 15.0. The van der Waals surface area contributed by atoms with Crippen LogP contribution in [0, 0.1) is 0 Å². The van der Waals surface area contributed by atoms with Crippen LogP contribution in [0.1, 0.15) is 98.3 Å². The zero-order valence-corrected chi connectivity index (χ0v) is 24.0. The topological polar surface area (TPSA) is 90.2 Å². The second-order valence-electron chi connectivity index (χ2n) is 11.2. The lowest BCUT2D eigenvalue weighted by atomic mass is 9.76. The van der Waals surface area contributed by atoms with Gasteiger partial charge in [-0.3, -0.25) is 0 Å². The van der Waals surface area contributed by atoms with Gasteiger partial charge in [-0.25, -0.2) is 0 Å². The van der Waals surface area contributed by atoms with Gasteiger partial charge in [-0.05, 0) is 64.8 Å². The first-order chi connectivity index (χ1) is 15.4. The molecule has 5 nitrogen and oxygen atoms in total. The minimum atomic E-state index is -4.31. The fourth-order valence-electron chi connectivity index (χ4n) is 3.71. The average Bonchev–Trinajstić information content (AvgIpc) is 2.78. The van der Waals surface area contributed by atoms with E-state index in [0.717, 1.165) is 36.0 Å². The highest BCUT2D eigenvalue weighted by molar-refractivity contribution is 7.80. The largest absolute Gasteiger partial charge is 0.497 e. The van der Waals surface area contributed by atoms with E-state index in [4.69, 9.17) is 4.31 Å². The van der Waals surface area contributed by atoms with Gasteiger partial charge in [-0.15, -0.1) is 0 Å². The van der Waals surface area contributed by atoms with E-state index >= 15 is 0 Å². The SMILES string of the molecule is CCC(C)(C)c1ccc([P+](O)(O)O[P+](O)(O)c2ccc(C(C)(C)CC)cc2C(C)(C)CC)cc1. The van der Waals surface area contributed by atoms with Crippen molar-refractivity contribution in [3.05, 3.63) is 59.2 Å². The molecule has 0 saturated heterocycles. The van der Waals surface area contributed by atoms with Crippen LogP contribution in [-0.4, -0.2) is 19.6 Å². The van der Waals surface area contributed by atoms with Crippen molar-refractivity contribution < 1.29 is 23.9 Å². The van der Waals surface area contributed by atoms with E-state index in [-0.39, 0.29) is 26.9 Å². The molecule has 190 valence electrons. The third-order valence-corrected chi connectivity index (χ3v) is 11.5. The van der Waals surface area contributed by atoms with Gasteiger partial charge < -0.3 is 0 Å². The molecule has 2 aromatic carbocycles. The zero-order chi connectivity index (χ0) is 26.2. The molecule has 0 spiro atoms. The van der Waals surface area contributed by atoms with Crippen molar-refractivity contribution in [2.75, 3.05) is 0 Å². The molecule has 0 saturated carbocycles. The average molecular weight is 511 g/mol. The molecule has 0 bridgehead atoms. The maximum absolute atomic E-state index is 11.1. The molecule has 34 heavy (non-hydrogen) atoms. The normalized spacial score (nSPS) is 13.9. The molecule has 0 aliphatic heterocycles. The van der Waals surface area contributed by atoms with Crippen LogP contribution in [0.15, 0.2) is 42.5 Å². The molecule has 2 aromatic rings. The summed E-state index contributed by atoms with van der Waals surface area (Å²) in [5, 5.41) is 0.377. The lowest BCUT2D eigenvalue weighted by Crippen LogP contribution is -2.30. The first-order valence-corrected chi connectivity index (χ1v) is 15.3. The van der Waals surface area contributed by atoms with Crippen molar-refractivity contribution in [2.45, 2.75) is 97.8 Å². The molecule has 0 unspecified atom stereocenters. The second kappa shape index (κ2) is 10.2. The van der Waals surface area contributed by atoms with Crippen LogP contribution in [0.3, 0.4) is 0 Å². The van der Waals surface area contributed by atoms with Crippen molar-refractivity contribution in [3.8, 4) is 0 Å². The zero-order valence-electron chi connectivity index (χ0n) is 22.3. The van der Waals surface area contributed by atoms with Crippen LogP contribution >= 0.6 is 15.9 Å². The van der Waals surface area contributed by atoms with Gasteiger partial charge in [-0.1, -0.05) is 86.6 Å². The highest BCUT2D eigenvalue weighted by atomic mass is 31.3. The van der Waals surface area contributed by atoms with E-state index in [1.807, 2.05) is 45.0 Å². The molecular formula is C27H44O5P2+2. The van der Waals surface area contributed by atoms with Crippen molar-refractivity contribution >= 4 is 26.5 Å². The Morgan fingerprint density at radius 1 is 0.618 bits per heavy atom. The van der Waals surface area contributed by atoms with Crippen LogP contribution in [0.4, 0.5) is 0 Å². The fraction of sp³-hybridized carbons (Fsp3) is 0.556. The summed E-state index contributed by atoms with van der Waals surface area (Å²) in [6.45, 7) is 18.9. The molecule has 0 aliphatic rings. The predicted molar refractivity (Wildman–Crippen MR) is 146 cm³/mol. The monoisotopic (exact) mass is 510 g/mol. The molecular weight excluding hydrogens is 466 g/mol. The Bertz CT molecular complexity index is 979. The third-order valence-electron chi connectivity index (χ3n) is 7.69. The summed E-state index contributed by atoms with van der Waals surface area (Å²) in [4.78, 5) is 44.0. The molecule has 0 radical (unpaired) electrons. The Morgan fingerprint density at radius 2 is 1.06 bits per heavy atom. The van der Waals surface area contributed by atoms with Crippen LogP contribution < -0.4 is 10.6 Å². The predicted octanol–water partition coefficient (Wildman–Crippen LogP) is 6.21. The van der Waals surface area contributed by atoms with Gasteiger partial charge in [0.25, 0.3) is 0 Å². The summed E-state index contributed by atoms with van der Waals surface area (Å²) in [6.07, 6.45) is 2.63. The highest BCUT2D eigenvalue weighted by Crippen LogP contribution is 2.68. The van der Waals surface area contributed by atoms with E-state index < -0.39 is 15.9 Å². The maximum atomic E-state index is 11.1. The molecule has 0 atom stereocenters. The van der Waals surface area contributed by atoms with E-state index in [1.165, 1.54) is 0 Å². The summed E-state index contributed by atoms with van der Waals surface area (Å²) in [6, 6.07) is 12.5. The Balaban J connectivity index is 2.50. The molecule has 2 rings (SSSR count). The summed E-state index contributed by atoms with van der Waals surface area (Å²) in [5.41, 5.74) is 2.42. The molecule has 0 aliphatic carbocycles. The van der Waals surface area contributed by atoms with Crippen LogP contribution in [0.25, 0.3) is 0 Å². The van der Waals surface area contributed by atoms with Gasteiger partial charge in [-0.2, -0.15) is 19.6 Å². The number of hydrogen-bond acceptors (Lipinski definition) is 5. The number of benzene rings is 2. The molecule has 0 heterocycles. The standard InChI is InChI=1S/C27H44O5P2/c1-10-25(4,5)20-13-16-22(17-14-20)33(28,29)32-34(30,31)24-18-15-21(26(6,7)11-2)19-23(24)27(8,9)12-3/h13-19,28-31H,10-12H2,1-9H3/q+2. The molecule has 0 fully saturated rings. The first kappa shape index (κ1) is 29.3. The van der Waals surface area contributed by atoms with E-state index in [2.05, 4.69) is 41.5 Å². The van der Waals surface area contributed by atoms with Gasteiger partial charge >= 0.3 is 15.9 Å². The van der Waals surface area contributed by atoms with Crippen LogP contribution in [0.5, 0.6) is 0 Å². The fourth-order valence-corrected chi connectivity index (χ4v) is 7.19. The first-order valence-electron chi connectivity index (χ1n) is 12.1. The highest BCUT2D eigenvalue weighted by Gasteiger charge is 2.60. The smallest absolute Gasteiger partial charge is 0.185 e. The van der Waals surface area contributed by atoms with Gasteiger partial charge in [0.1, 0.15) is 0 Å². The summed E-state index contributed by atoms with van der Waals surface area (Å²) in [5.74, 6) is 0. The Hall–Kier alpha value is -0.900. The minimum Gasteiger partial charge on any atom is -0.185 e. The Kier molecular flexibility index (Phi) is 8.82. The lowest BCUT2D eigenvalue weighted by molar-refractivity contribution is 0.298. The van der Waals surface area contributed by atoms with E-state index in [0.29, 0.717) is 0 Å². The van der Waals surface area contributed by atoms with Gasteiger partial charge in [0.2, 0.25) is 0 Å². The van der Waals surface area contributed by atoms with Crippen molar-refractivity contribution in [1.82, 2.24) is 0 Å². The Labute approximate surface area is 207 Å². The van der Waals surface area contributed by atoms with Crippen LogP contribution in [-0.2, 0) is 20.6 Å². The Morgan fingerprint density at radius 3 is 1.53 bits per heavy atom. The summed E-state index contributed by atoms with van der Waals surface area (Å²) in [7, 11) is -8.55. The molecule has 0 aromatic heterocycles. The molecule has 7 heteroatoms. The third kappa shape index (κ3) is 6.26. The van der Waals surface area contributed by atoms with Gasteiger partial charge in [0, 0.05) is 9.87 Å².